The van der Waals surface area contributed by atoms with Crippen LogP contribution in [0.4, 0.5) is 0 Å². The fourth-order valence-corrected chi connectivity index (χ4v) is 2.57. The van der Waals surface area contributed by atoms with Crippen LogP contribution in [-0.4, -0.2) is 23.2 Å². The first-order valence-corrected chi connectivity index (χ1v) is 6.78. The van der Waals surface area contributed by atoms with Crippen molar-refractivity contribution < 1.29 is 5.11 Å². The van der Waals surface area contributed by atoms with E-state index in [-0.39, 0.29) is 0 Å². The highest BCUT2D eigenvalue weighted by Gasteiger charge is 2.21. The topological polar surface area (TPSA) is 48.0 Å². The van der Waals surface area contributed by atoms with E-state index in [9.17, 15) is 5.11 Å². The zero-order valence-electron chi connectivity index (χ0n) is 10.1. The van der Waals surface area contributed by atoms with Gasteiger partial charge in [-0.3, -0.25) is 0 Å². The highest BCUT2D eigenvalue weighted by Crippen LogP contribution is 2.31. The summed E-state index contributed by atoms with van der Waals surface area (Å²) in [6, 6.07) is 5.84. The largest absolute Gasteiger partial charge is 0.387 e. The lowest BCUT2D eigenvalue weighted by molar-refractivity contribution is 0.176. The van der Waals surface area contributed by atoms with E-state index in [1.165, 1.54) is 12.8 Å². The van der Waals surface area contributed by atoms with E-state index < -0.39 is 6.10 Å². The molecule has 0 saturated heterocycles. The molecule has 1 heterocycles. The summed E-state index contributed by atoms with van der Waals surface area (Å²) in [6.07, 6.45) is 3.89. The van der Waals surface area contributed by atoms with Gasteiger partial charge in [-0.2, -0.15) is 0 Å². The SMILES string of the molecule is OC(CNCC1CC1)c1cccc2[nH]cc(Cl)c12. The lowest BCUT2D eigenvalue weighted by Crippen LogP contribution is -2.23. The standard InChI is InChI=1S/C14H17ClN2O/c15-11-7-17-12-3-1-2-10(14(11)12)13(18)8-16-6-9-4-5-9/h1-3,7,9,13,16-18H,4-6,8H2. The van der Waals surface area contributed by atoms with E-state index in [0.29, 0.717) is 11.6 Å². The maximum Gasteiger partial charge on any atom is 0.0921 e. The number of fused-ring (bicyclic) bond motifs is 1. The van der Waals surface area contributed by atoms with Crippen molar-refractivity contribution in [2.24, 2.45) is 5.92 Å². The molecule has 1 aromatic heterocycles. The van der Waals surface area contributed by atoms with Crippen molar-refractivity contribution in [1.29, 1.82) is 0 Å². The molecular formula is C14H17ClN2O. The van der Waals surface area contributed by atoms with Crippen molar-refractivity contribution in [3.63, 3.8) is 0 Å². The van der Waals surface area contributed by atoms with Gasteiger partial charge in [-0.05, 0) is 36.9 Å². The predicted molar refractivity (Wildman–Crippen MR) is 73.9 cm³/mol. The van der Waals surface area contributed by atoms with E-state index in [2.05, 4.69) is 10.3 Å². The highest BCUT2D eigenvalue weighted by molar-refractivity contribution is 6.35. The van der Waals surface area contributed by atoms with Gasteiger partial charge in [-0.25, -0.2) is 0 Å². The maximum absolute atomic E-state index is 10.3. The summed E-state index contributed by atoms with van der Waals surface area (Å²) in [5.41, 5.74) is 1.86. The number of rotatable bonds is 5. The summed E-state index contributed by atoms with van der Waals surface area (Å²) in [5.74, 6) is 0.823. The molecule has 3 N–H and O–H groups in total. The summed E-state index contributed by atoms with van der Waals surface area (Å²) in [7, 11) is 0. The van der Waals surface area contributed by atoms with Crippen LogP contribution >= 0.6 is 11.6 Å². The average molecular weight is 265 g/mol. The third-order valence-corrected chi connectivity index (χ3v) is 3.81. The molecule has 2 aromatic rings. The fourth-order valence-electron chi connectivity index (χ4n) is 2.30. The minimum Gasteiger partial charge on any atom is -0.387 e. The van der Waals surface area contributed by atoms with Crippen molar-refractivity contribution in [1.82, 2.24) is 10.3 Å². The molecule has 0 spiro atoms. The highest BCUT2D eigenvalue weighted by atomic mass is 35.5. The zero-order valence-corrected chi connectivity index (χ0v) is 10.9. The van der Waals surface area contributed by atoms with Gasteiger partial charge in [0.05, 0.1) is 11.1 Å². The Morgan fingerprint density at radius 3 is 3.06 bits per heavy atom. The van der Waals surface area contributed by atoms with E-state index >= 15 is 0 Å². The first kappa shape index (κ1) is 12.0. The molecule has 1 unspecified atom stereocenters. The van der Waals surface area contributed by atoms with Crippen LogP contribution in [0.5, 0.6) is 0 Å². The fraction of sp³-hybridized carbons (Fsp3) is 0.429. The van der Waals surface area contributed by atoms with Crippen molar-refractivity contribution in [3.05, 3.63) is 35.0 Å². The molecule has 0 amide bonds. The minimum atomic E-state index is -0.513. The number of hydrogen-bond donors (Lipinski definition) is 3. The number of benzene rings is 1. The van der Waals surface area contributed by atoms with Crippen molar-refractivity contribution in [3.8, 4) is 0 Å². The number of halogens is 1. The number of hydrogen-bond acceptors (Lipinski definition) is 2. The Morgan fingerprint density at radius 2 is 2.28 bits per heavy atom. The van der Waals surface area contributed by atoms with E-state index in [4.69, 9.17) is 11.6 Å². The predicted octanol–water partition coefficient (Wildman–Crippen LogP) is 2.85. The molecule has 3 rings (SSSR count). The van der Waals surface area contributed by atoms with Gasteiger partial charge in [-0.15, -0.1) is 0 Å². The third kappa shape index (κ3) is 2.39. The Morgan fingerprint density at radius 1 is 1.44 bits per heavy atom. The molecule has 18 heavy (non-hydrogen) atoms. The molecule has 1 fully saturated rings. The van der Waals surface area contributed by atoms with Crippen LogP contribution in [-0.2, 0) is 0 Å². The van der Waals surface area contributed by atoms with Crippen molar-refractivity contribution in [2.75, 3.05) is 13.1 Å². The van der Waals surface area contributed by atoms with Gasteiger partial charge in [0.15, 0.2) is 0 Å². The van der Waals surface area contributed by atoms with Crippen LogP contribution in [0.2, 0.25) is 5.02 Å². The van der Waals surface area contributed by atoms with Crippen LogP contribution in [0.25, 0.3) is 10.9 Å². The molecule has 1 aromatic carbocycles. The summed E-state index contributed by atoms with van der Waals surface area (Å²) < 4.78 is 0. The Balaban J connectivity index is 1.76. The van der Waals surface area contributed by atoms with Crippen LogP contribution < -0.4 is 5.32 Å². The molecule has 96 valence electrons. The molecule has 1 atom stereocenters. The number of nitrogens with one attached hydrogen (secondary N) is 2. The lowest BCUT2D eigenvalue weighted by atomic mass is 10.0. The number of H-pyrrole nitrogens is 1. The Labute approximate surface area is 111 Å². The van der Waals surface area contributed by atoms with E-state index in [1.54, 1.807) is 6.20 Å². The number of aliphatic hydroxyl groups is 1. The molecule has 1 saturated carbocycles. The zero-order chi connectivity index (χ0) is 12.5. The molecule has 0 aliphatic heterocycles. The van der Waals surface area contributed by atoms with E-state index in [0.717, 1.165) is 28.9 Å². The van der Waals surface area contributed by atoms with Gasteiger partial charge in [0.1, 0.15) is 0 Å². The second kappa shape index (κ2) is 4.92. The number of aromatic nitrogens is 1. The molecule has 1 aliphatic carbocycles. The first-order valence-electron chi connectivity index (χ1n) is 6.40. The lowest BCUT2D eigenvalue weighted by Gasteiger charge is -2.13. The number of aromatic amines is 1. The molecule has 1 aliphatic rings. The summed E-state index contributed by atoms with van der Waals surface area (Å²) in [5, 5.41) is 15.2. The van der Waals surface area contributed by atoms with E-state index in [1.807, 2.05) is 18.2 Å². The third-order valence-electron chi connectivity index (χ3n) is 3.52. The molecule has 0 bridgehead atoms. The maximum atomic E-state index is 10.3. The van der Waals surface area contributed by atoms with Crippen LogP contribution in [0.1, 0.15) is 24.5 Å². The van der Waals surface area contributed by atoms with Crippen LogP contribution in [0.3, 0.4) is 0 Å². The van der Waals surface area contributed by atoms with Gasteiger partial charge in [0.25, 0.3) is 0 Å². The summed E-state index contributed by atoms with van der Waals surface area (Å²) >= 11 is 6.15. The van der Waals surface area contributed by atoms with Crippen molar-refractivity contribution in [2.45, 2.75) is 18.9 Å². The van der Waals surface area contributed by atoms with Gasteiger partial charge in [0.2, 0.25) is 0 Å². The van der Waals surface area contributed by atoms with Gasteiger partial charge < -0.3 is 15.4 Å². The van der Waals surface area contributed by atoms with Crippen LogP contribution in [0.15, 0.2) is 24.4 Å². The summed E-state index contributed by atoms with van der Waals surface area (Å²) in [6.45, 7) is 1.59. The second-order valence-electron chi connectivity index (χ2n) is 5.02. The molecule has 0 radical (unpaired) electrons. The smallest absolute Gasteiger partial charge is 0.0921 e. The average Bonchev–Trinajstić information content (AvgIpc) is 3.12. The Kier molecular flexibility index (Phi) is 3.29. The van der Waals surface area contributed by atoms with Gasteiger partial charge in [-0.1, -0.05) is 23.7 Å². The Hall–Kier alpha value is -1.03. The normalized spacial score (nSPS) is 17.2. The minimum absolute atomic E-state index is 0.513. The number of aliphatic hydroxyl groups excluding tert-OH is 1. The quantitative estimate of drug-likeness (QED) is 0.778. The molecule has 3 nitrogen and oxygen atoms in total. The van der Waals surface area contributed by atoms with Crippen LogP contribution in [0, 0.1) is 5.92 Å². The first-order chi connectivity index (χ1) is 8.75. The molecular weight excluding hydrogens is 248 g/mol. The van der Waals surface area contributed by atoms with Crippen molar-refractivity contribution >= 4 is 22.5 Å². The van der Waals surface area contributed by atoms with Gasteiger partial charge in [0, 0.05) is 23.6 Å². The monoisotopic (exact) mass is 264 g/mol. The second-order valence-corrected chi connectivity index (χ2v) is 5.43. The Bertz CT molecular complexity index is 548. The summed E-state index contributed by atoms with van der Waals surface area (Å²) in [4.78, 5) is 3.10. The van der Waals surface area contributed by atoms with Gasteiger partial charge >= 0.3 is 0 Å². The molecule has 4 heteroatoms.